The fourth-order valence-electron chi connectivity index (χ4n) is 8.19. The number of para-hydroxylation sites is 3. The highest BCUT2D eigenvalue weighted by Gasteiger charge is 2.20. The number of benzene rings is 6. The summed E-state index contributed by atoms with van der Waals surface area (Å²) >= 11 is 0. The lowest BCUT2D eigenvalue weighted by Crippen LogP contribution is -1.95. The topological polar surface area (TPSA) is 55.4 Å². The second-order valence-electron chi connectivity index (χ2n) is 14.1. The second-order valence-corrected chi connectivity index (χ2v) is 14.1. The van der Waals surface area contributed by atoms with Gasteiger partial charge in [0.05, 0.1) is 33.8 Å². The van der Waals surface area contributed by atoms with Gasteiger partial charge < -0.3 is 9.67 Å². The van der Waals surface area contributed by atoms with Crippen molar-refractivity contribution >= 4 is 27.5 Å². The number of fused-ring (bicyclic) bond motifs is 4. The molecule has 0 radical (unpaired) electrons. The number of aromatic nitrogens is 4. The van der Waals surface area contributed by atoms with Crippen molar-refractivity contribution in [3.8, 4) is 67.6 Å². The highest BCUT2D eigenvalue weighted by Crippen LogP contribution is 2.40. The molecule has 5 heteroatoms. The van der Waals surface area contributed by atoms with E-state index in [9.17, 15) is 5.11 Å². The fraction of sp³-hybridized carbons (Fsp3) is 0.0400. The van der Waals surface area contributed by atoms with Crippen molar-refractivity contribution in [2.75, 3.05) is 0 Å². The van der Waals surface area contributed by atoms with Crippen LogP contribution in [0.3, 0.4) is 0 Å². The molecular weight excluding hydrogens is 673 g/mol. The minimum atomic E-state index is 0.200. The zero-order valence-electron chi connectivity index (χ0n) is 30.5. The van der Waals surface area contributed by atoms with Gasteiger partial charge in [0.25, 0.3) is 0 Å². The van der Waals surface area contributed by atoms with Crippen LogP contribution in [-0.4, -0.2) is 24.0 Å². The Bertz CT molecular complexity index is 3060. The van der Waals surface area contributed by atoms with Crippen LogP contribution in [0.4, 0.5) is 0 Å². The predicted octanol–water partition coefficient (Wildman–Crippen LogP) is 12.5. The van der Waals surface area contributed by atoms with Crippen LogP contribution in [0.1, 0.15) is 11.1 Å². The highest BCUT2D eigenvalue weighted by molar-refractivity contribution is 6.10. The quantitative estimate of drug-likeness (QED) is 0.187. The molecule has 1 N–H and O–H groups in total. The van der Waals surface area contributed by atoms with E-state index in [1.807, 2.05) is 24.3 Å². The molecule has 0 atom stereocenters. The van der Waals surface area contributed by atoms with Crippen LogP contribution in [-0.2, 0) is 0 Å². The Labute approximate surface area is 319 Å². The van der Waals surface area contributed by atoms with Gasteiger partial charge in [-0.1, -0.05) is 103 Å². The average molecular weight is 709 g/mol. The number of phenols is 1. The lowest BCUT2D eigenvalue weighted by atomic mass is 9.93. The molecule has 262 valence electrons. The van der Waals surface area contributed by atoms with Gasteiger partial charge in [0.1, 0.15) is 11.4 Å². The number of phenolic OH excluding ortho intramolecular Hbond substituents is 1. The first kappa shape index (κ1) is 32.4. The minimum absolute atomic E-state index is 0.200. The van der Waals surface area contributed by atoms with Gasteiger partial charge in [0.15, 0.2) is 0 Å². The Morgan fingerprint density at radius 2 is 1.20 bits per heavy atom. The number of hydrogen-bond donors (Lipinski definition) is 1. The molecule has 0 amide bonds. The number of hydrogen-bond acceptors (Lipinski definition) is 3. The Hall–Kier alpha value is -7.24. The first-order valence-corrected chi connectivity index (χ1v) is 18.6. The lowest BCUT2D eigenvalue weighted by Gasteiger charge is -2.15. The summed E-state index contributed by atoms with van der Waals surface area (Å²) < 4.78 is 4.55. The van der Waals surface area contributed by atoms with Gasteiger partial charge in [0, 0.05) is 44.9 Å². The molecule has 0 spiro atoms. The van der Waals surface area contributed by atoms with Crippen molar-refractivity contribution in [3.63, 3.8) is 0 Å². The van der Waals surface area contributed by atoms with Crippen molar-refractivity contribution in [1.29, 1.82) is 0 Å². The molecule has 4 heterocycles. The molecule has 5 nitrogen and oxygen atoms in total. The molecule has 0 fully saturated rings. The maximum Gasteiger partial charge on any atom is 0.137 e. The Balaban J connectivity index is 1.17. The van der Waals surface area contributed by atoms with Gasteiger partial charge in [0.2, 0.25) is 0 Å². The predicted molar refractivity (Wildman–Crippen MR) is 226 cm³/mol. The smallest absolute Gasteiger partial charge is 0.137 e. The van der Waals surface area contributed by atoms with Crippen molar-refractivity contribution in [1.82, 2.24) is 18.9 Å². The van der Waals surface area contributed by atoms with Gasteiger partial charge in [-0.2, -0.15) is 0 Å². The van der Waals surface area contributed by atoms with Crippen molar-refractivity contribution in [2.45, 2.75) is 13.8 Å². The number of aryl methyl sites for hydroxylation is 2. The molecule has 0 unspecified atom stereocenters. The first-order valence-electron chi connectivity index (χ1n) is 18.6. The van der Waals surface area contributed by atoms with Crippen LogP contribution in [0.15, 0.2) is 176 Å². The SMILES string of the molecule is Cc1cccc(C)c1-c1cc(-c2cccc(-c3nc4ccccn4c3-c3ccc4c5ccccc5n(-c5ccccc5)c4c3)c2)nc(-c2ccccc2O)c1. The average Bonchev–Trinajstić information content (AvgIpc) is 3.77. The van der Waals surface area contributed by atoms with E-state index in [-0.39, 0.29) is 5.75 Å². The van der Waals surface area contributed by atoms with Crippen LogP contribution in [0, 0.1) is 13.8 Å². The zero-order valence-corrected chi connectivity index (χ0v) is 30.5. The molecule has 0 saturated heterocycles. The number of pyridine rings is 2. The maximum atomic E-state index is 10.9. The summed E-state index contributed by atoms with van der Waals surface area (Å²) in [5.41, 5.74) is 16.1. The normalized spacial score (nSPS) is 11.5. The van der Waals surface area contributed by atoms with E-state index < -0.39 is 0 Å². The highest BCUT2D eigenvalue weighted by atomic mass is 16.3. The van der Waals surface area contributed by atoms with Crippen LogP contribution < -0.4 is 0 Å². The van der Waals surface area contributed by atoms with E-state index in [1.165, 1.54) is 33.0 Å². The number of nitrogens with zero attached hydrogens (tertiary/aromatic N) is 4. The Morgan fingerprint density at radius 1 is 0.491 bits per heavy atom. The van der Waals surface area contributed by atoms with Crippen molar-refractivity contribution in [2.24, 2.45) is 0 Å². The van der Waals surface area contributed by atoms with Crippen LogP contribution >= 0.6 is 0 Å². The fourth-order valence-corrected chi connectivity index (χ4v) is 8.19. The molecule has 0 aliphatic carbocycles. The molecule has 10 aromatic rings. The largest absolute Gasteiger partial charge is 0.507 e. The van der Waals surface area contributed by atoms with Gasteiger partial charge >= 0.3 is 0 Å². The third kappa shape index (κ3) is 5.48. The van der Waals surface area contributed by atoms with Crippen LogP contribution in [0.5, 0.6) is 5.75 Å². The zero-order chi connectivity index (χ0) is 37.0. The lowest BCUT2D eigenvalue weighted by molar-refractivity contribution is 0.477. The second kappa shape index (κ2) is 13.0. The van der Waals surface area contributed by atoms with Gasteiger partial charge in [-0.05, 0) is 103 Å². The molecule has 4 aromatic heterocycles. The summed E-state index contributed by atoms with van der Waals surface area (Å²) in [5.74, 6) is 0.200. The summed E-state index contributed by atoms with van der Waals surface area (Å²) in [6, 6.07) is 58.7. The van der Waals surface area contributed by atoms with E-state index in [1.54, 1.807) is 6.07 Å². The standard InChI is InChI=1S/C50H36N4O/c1-32-14-12-15-33(2)48(32)37-29-42(51-43(30-37)41-21-7-9-23-46(41)55)34-16-13-17-35(28-34)49-50(53-27-11-10-24-47(53)52-49)36-25-26-40-39-20-6-8-22-44(39)54(45(40)31-36)38-18-4-3-5-19-38/h3-31,55H,1-2H3. The maximum absolute atomic E-state index is 10.9. The monoisotopic (exact) mass is 708 g/mol. The van der Waals surface area contributed by atoms with Crippen LogP contribution in [0.25, 0.3) is 89.3 Å². The molecule has 55 heavy (non-hydrogen) atoms. The summed E-state index contributed by atoms with van der Waals surface area (Å²) in [5, 5.41) is 13.4. The molecule has 0 saturated carbocycles. The van der Waals surface area contributed by atoms with Gasteiger partial charge in [-0.25, -0.2) is 9.97 Å². The van der Waals surface area contributed by atoms with E-state index in [0.717, 1.165) is 56.2 Å². The summed E-state index contributed by atoms with van der Waals surface area (Å²) in [6.45, 7) is 4.29. The number of rotatable bonds is 6. The number of aromatic hydroxyl groups is 1. The Morgan fingerprint density at radius 3 is 2.05 bits per heavy atom. The van der Waals surface area contributed by atoms with E-state index >= 15 is 0 Å². The third-order valence-corrected chi connectivity index (χ3v) is 10.7. The minimum Gasteiger partial charge on any atom is -0.507 e. The molecule has 0 bridgehead atoms. The van der Waals surface area contributed by atoms with Crippen LogP contribution in [0.2, 0.25) is 0 Å². The van der Waals surface area contributed by atoms with Gasteiger partial charge in [-0.3, -0.25) is 4.40 Å². The van der Waals surface area contributed by atoms with Gasteiger partial charge in [-0.15, -0.1) is 0 Å². The molecule has 0 aliphatic heterocycles. The first-order chi connectivity index (χ1) is 27.0. The van der Waals surface area contributed by atoms with Crippen molar-refractivity contribution < 1.29 is 5.11 Å². The summed E-state index contributed by atoms with van der Waals surface area (Å²) in [6.07, 6.45) is 2.09. The summed E-state index contributed by atoms with van der Waals surface area (Å²) in [7, 11) is 0. The van der Waals surface area contributed by atoms with E-state index in [4.69, 9.17) is 9.97 Å². The summed E-state index contributed by atoms with van der Waals surface area (Å²) in [4.78, 5) is 10.4. The van der Waals surface area contributed by atoms with E-state index in [2.05, 4.69) is 169 Å². The van der Waals surface area contributed by atoms with Crippen molar-refractivity contribution in [3.05, 3.63) is 187 Å². The Kier molecular flexibility index (Phi) is 7.67. The third-order valence-electron chi connectivity index (χ3n) is 10.7. The molecule has 6 aromatic carbocycles. The van der Waals surface area contributed by atoms with E-state index in [0.29, 0.717) is 11.3 Å². The molecule has 0 aliphatic rings. The number of imidazole rings is 1. The molecular formula is C50H36N4O. The molecule has 10 rings (SSSR count).